The van der Waals surface area contributed by atoms with Crippen LogP contribution in [0.1, 0.15) is 40.2 Å². The van der Waals surface area contributed by atoms with Gasteiger partial charge in [0.15, 0.2) is 0 Å². The van der Waals surface area contributed by atoms with Gasteiger partial charge in [-0.3, -0.25) is 9.59 Å². The van der Waals surface area contributed by atoms with Crippen molar-refractivity contribution < 1.29 is 14.0 Å². The van der Waals surface area contributed by atoms with Crippen LogP contribution in [-0.4, -0.2) is 35.3 Å². The lowest BCUT2D eigenvalue weighted by molar-refractivity contribution is -0.132. The third-order valence-corrected chi connectivity index (χ3v) is 6.14. The second-order valence-electron chi connectivity index (χ2n) is 8.22. The van der Waals surface area contributed by atoms with Crippen molar-refractivity contribution in [2.45, 2.75) is 25.3 Å². The molecule has 1 aliphatic heterocycles. The van der Waals surface area contributed by atoms with E-state index in [0.29, 0.717) is 29.1 Å². The molecule has 1 saturated heterocycles. The van der Waals surface area contributed by atoms with Gasteiger partial charge in [0.2, 0.25) is 5.91 Å². The van der Waals surface area contributed by atoms with Gasteiger partial charge in [-0.2, -0.15) is 0 Å². The van der Waals surface area contributed by atoms with Gasteiger partial charge in [-0.15, -0.1) is 0 Å². The molecule has 0 bridgehead atoms. The van der Waals surface area contributed by atoms with Gasteiger partial charge in [0, 0.05) is 49.3 Å². The maximum atomic E-state index is 14.9. The SMILES string of the molecule is CN1CC(c2cnc(N)c(-c3ccc(C(=O)NCc4cccc(Cl)c4)c(F)c3)c2)CCC1=O. The van der Waals surface area contributed by atoms with E-state index in [-0.39, 0.29) is 29.8 Å². The highest BCUT2D eigenvalue weighted by Gasteiger charge is 2.25. The minimum atomic E-state index is -0.649. The number of carbonyl (C=O) groups is 2. The second kappa shape index (κ2) is 9.58. The van der Waals surface area contributed by atoms with Crippen LogP contribution in [0.25, 0.3) is 11.1 Å². The molecule has 0 saturated carbocycles. The summed E-state index contributed by atoms with van der Waals surface area (Å²) in [7, 11) is 1.78. The molecule has 1 aliphatic rings. The molecule has 1 atom stereocenters. The molecule has 2 aromatic carbocycles. The molecule has 3 N–H and O–H groups in total. The lowest BCUT2D eigenvalue weighted by atomic mass is 9.90. The van der Waals surface area contributed by atoms with E-state index in [1.165, 1.54) is 12.1 Å². The van der Waals surface area contributed by atoms with Crippen molar-refractivity contribution >= 4 is 29.2 Å². The van der Waals surface area contributed by atoms with Crippen LogP contribution in [0, 0.1) is 5.82 Å². The first-order valence-electron chi connectivity index (χ1n) is 10.6. The van der Waals surface area contributed by atoms with E-state index < -0.39 is 11.7 Å². The Balaban J connectivity index is 1.52. The number of likely N-dealkylation sites (N-methyl/N-ethyl adjacent to an activating group) is 1. The lowest BCUT2D eigenvalue weighted by Crippen LogP contribution is -2.35. The first-order valence-corrected chi connectivity index (χ1v) is 11.0. The highest BCUT2D eigenvalue weighted by Crippen LogP contribution is 2.32. The maximum Gasteiger partial charge on any atom is 0.254 e. The number of nitrogen functional groups attached to an aromatic ring is 1. The fourth-order valence-corrected chi connectivity index (χ4v) is 4.23. The van der Waals surface area contributed by atoms with E-state index in [2.05, 4.69) is 10.3 Å². The van der Waals surface area contributed by atoms with Crippen molar-refractivity contribution in [1.82, 2.24) is 15.2 Å². The highest BCUT2D eigenvalue weighted by molar-refractivity contribution is 6.30. The number of carbonyl (C=O) groups excluding carboxylic acids is 2. The van der Waals surface area contributed by atoms with Crippen molar-refractivity contribution in [3.05, 3.63) is 82.3 Å². The first-order chi connectivity index (χ1) is 15.8. The average molecular weight is 467 g/mol. The smallest absolute Gasteiger partial charge is 0.254 e. The van der Waals surface area contributed by atoms with Gasteiger partial charge < -0.3 is 16.0 Å². The zero-order chi connectivity index (χ0) is 23.5. The number of rotatable bonds is 5. The Bertz CT molecular complexity index is 1220. The number of anilines is 1. The molecule has 1 fully saturated rings. The predicted octanol–water partition coefficient (Wildman–Crippen LogP) is 4.39. The first kappa shape index (κ1) is 22.7. The number of halogens is 2. The van der Waals surface area contributed by atoms with Crippen LogP contribution in [0.3, 0.4) is 0 Å². The van der Waals surface area contributed by atoms with Crippen molar-refractivity contribution in [3.8, 4) is 11.1 Å². The predicted molar refractivity (Wildman–Crippen MR) is 126 cm³/mol. The molecule has 1 aromatic heterocycles. The quantitative estimate of drug-likeness (QED) is 0.583. The molecule has 33 heavy (non-hydrogen) atoms. The van der Waals surface area contributed by atoms with Crippen molar-refractivity contribution in [2.24, 2.45) is 0 Å². The summed E-state index contributed by atoms with van der Waals surface area (Å²) >= 11 is 5.96. The fourth-order valence-electron chi connectivity index (χ4n) is 4.02. The summed E-state index contributed by atoms with van der Waals surface area (Å²) in [6.45, 7) is 0.835. The third-order valence-electron chi connectivity index (χ3n) is 5.90. The Labute approximate surface area is 196 Å². The molecule has 8 heteroatoms. The van der Waals surface area contributed by atoms with Crippen LogP contribution >= 0.6 is 11.6 Å². The monoisotopic (exact) mass is 466 g/mol. The fraction of sp³-hybridized carbons (Fsp3) is 0.240. The lowest BCUT2D eigenvalue weighted by Gasteiger charge is -2.30. The number of aromatic nitrogens is 1. The summed E-state index contributed by atoms with van der Waals surface area (Å²) in [5.41, 5.74) is 8.92. The van der Waals surface area contributed by atoms with Gasteiger partial charge >= 0.3 is 0 Å². The van der Waals surface area contributed by atoms with E-state index >= 15 is 0 Å². The van der Waals surface area contributed by atoms with Gasteiger partial charge in [0.25, 0.3) is 5.91 Å². The van der Waals surface area contributed by atoms with E-state index in [9.17, 15) is 14.0 Å². The molecule has 0 radical (unpaired) electrons. The molecule has 0 aliphatic carbocycles. The van der Waals surface area contributed by atoms with Crippen molar-refractivity contribution in [2.75, 3.05) is 19.3 Å². The number of nitrogens with one attached hydrogen (secondary N) is 1. The number of benzene rings is 2. The van der Waals surface area contributed by atoms with Crippen LogP contribution in [0.2, 0.25) is 5.02 Å². The third kappa shape index (κ3) is 5.14. The second-order valence-corrected chi connectivity index (χ2v) is 8.65. The topological polar surface area (TPSA) is 88.3 Å². The van der Waals surface area contributed by atoms with Crippen molar-refractivity contribution in [3.63, 3.8) is 0 Å². The van der Waals surface area contributed by atoms with Crippen LogP contribution in [-0.2, 0) is 11.3 Å². The molecular weight excluding hydrogens is 443 g/mol. The minimum absolute atomic E-state index is 0.0594. The summed E-state index contributed by atoms with van der Waals surface area (Å²) in [4.78, 5) is 30.3. The van der Waals surface area contributed by atoms with Gasteiger partial charge in [0.1, 0.15) is 11.6 Å². The molecule has 6 nitrogen and oxygen atoms in total. The summed E-state index contributed by atoms with van der Waals surface area (Å²) in [5.74, 6) is -0.628. The Morgan fingerprint density at radius 1 is 1.27 bits per heavy atom. The molecular formula is C25H24ClFN4O2. The zero-order valence-electron chi connectivity index (χ0n) is 18.1. The molecule has 4 rings (SSSR count). The Morgan fingerprint density at radius 3 is 2.82 bits per heavy atom. The largest absolute Gasteiger partial charge is 0.383 e. The van der Waals surface area contributed by atoms with E-state index in [1.54, 1.807) is 42.4 Å². The number of hydrogen-bond acceptors (Lipinski definition) is 4. The summed E-state index contributed by atoms with van der Waals surface area (Å²) in [6, 6.07) is 13.4. The number of nitrogens with two attached hydrogens (primary N) is 1. The number of amides is 2. The normalized spacial score (nSPS) is 16.0. The average Bonchev–Trinajstić information content (AvgIpc) is 2.79. The van der Waals surface area contributed by atoms with Gasteiger partial charge in [0.05, 0.1) is 5.56 Å². The van der Waals surface area contributed by atoms with E-state index in [1.807, 2.05) is 12.1 Å². The van der Waals surface area contributed by atoms with Crippen LogP contribution in [0.5, 0.6) is 0 Å². The molecule has 2 heterocycles. The number of hydrogen-bond donors (Lipinski definition) is 2. The van der Waals surface area contributed by atoms with E-state index in [0.717, 1.165) is 17.5 Å². The molecule has 0 spiro atoms. The van der Waals surface area contributed by atoms with Crippen LogP contribution in [0.15, 0.2) is 54.7 Å². The molecule has 170 valence electrons. The van der Waals surface area contributed by atoms with Crippen LogP contribution < -0.4 is 11.1 Å². The van der Waals surface area contributed by atoms with Gasteiger partial charge in [-0.05, 0) is 53.4 Å². The minimum Gasteiger partial charge on any atom is -0.383 e. The number of piperidine rings is 1. The number of pyridine rings is 1. The Kier molecular flexibility index (Phi) is 6.60. The molecule has 2 amide bonds. The Morgan fingerprint density at radius 2 is 2.09 bits per heavy atom. The maximum absolute atomic E-state index is 14.9. The Hall–Kier alpha value is -3.45. The summed E-state index contributed by atoms with van der Waals surface area (Å²) in [6.07, 6.45) is 2.92. The van der Waals surface area contributed by atoms with Crippen LogP contribution in [0.4, 0.5) is 10.2 Å². The standard InChI is InChI=1S/C25H24ClFN4O2/c1-31-14-17(6-8-23(31)32)18-10-21(24(28)29-13-18)16-5-7-20(22(27)11-16)25(33)30-12-15-3-2-4-19(26)9-15/h2-5,7,9-11,13,17H,6,8,12,14H2,1H3,(H2,28,29)(H,30,33). The van der Waals surface area contributed by atoms with Crippen molar-refractivity contribution in [1.29, 1.82) is 0 Å². The van der Waals surface area contributed by atoms with Gasteiger partial charge in [-0.25, -0.2) is 9.37 Å². The number of likely N-dealkylation sites (tertiary alicyclic amines) is 1. The van der Waals surface area contributed by atoms with E-state index in [4.69, 9.17) is 17.3 Å². The summed E-state index contributed by atoms with van der Waals surface area (Å²) < 4.78 is 14.9. The zero-order valence-corrected chi connectivity index (χ0v) is 18.9. The number of nitrogens with zero attached hydrogens (tertiary/aromatic N) is 2. The highest BCUT2D eigenvalue weighted by atomic mass is 35.5. The molecule has 3 aromatic rings. The summed E-state index contributed by atoms with van der Waals surface area (Å²) in [5, 5.41) is 3.27. The van der Waals surface area contributed by atoms with Gasteiger partial charge in [-0.1, -0.05) is 29.8 Å². The molecule has 1 unspecified atom stereocenters.